The Labute approximate surface area is 219 Å². The number of ether oxygens (including phenoxy) is 1. The summed E-state index contributed by atoms with van der Waals surface area (Å²) in [5.41, 5.74) is 2.33. The number of hydrogen-bond acceptors (Lipinski definition) is 6. The summed E-state index contributed by atoms with van der Waals surface area (Å²) in [5, 5.41) is 19.4. The van der Waals surface area contributed by atoms with Gasteiger partial charge in [0.2, 0.25) is 17.7 Å². The van der Waals surface area contributed by atoms with Crippen molar-refractivity contribution in [2.45, 2.75) is 89.0 Å². The number of fused-ring (bicyclic) bond motifs is 1. The first kappa shape index (κ1) is 27.4. The molecule has 4 unspecified atom stereocenters. The molecule has 1 aromatic carbocycles. The highest BCUT2D eigenvalue weighted by molar-refractivity contribution is 5.92. The normalized spacial score (nSPS) is 27.8. The van der Waals surface area contributed by atoms with E-state index in [1.807, 2.05) is 0 Å². The highest BCUT2D eigenvalue weighted by Crippen LogP contribution is 2.33. The van der Waals surface area contributed by atoms with Crippen molar-refractivity contribution in [3.05, 3.63) is 29.3 Å². The first-order valence-electron chi connectivity index (χ1n) is 13.8. The number of hydrogen-bond donors (Lipinski definition) is 4. The van der Waals surface area contributed by atoms with Gasteiger partial charge in [0.05, 0.1) is 18.7 Å². The molecule has 3 amide bonds. The molecule has 0 saturated heterocycles. The highest BCUT2D eigenvalue weighted by atomic mass is 16.5. The molecule has 9 heteroatoms. The molecule has 4 N–H and O–H groups in total. The van der Waals surface area contributed by atoms with Gasteiger partial charge < -0.3 is 30.7 Å². The Morgan fingerprint density at radius 2 is 1.73 bits per heavy atom. The van der Waals surface area contributed by atoms with Gasteiger partial charge in [-0.05, 0) is 62.5 Å². The maximum atomic E-state index is 13.8. The average molecular weight is 515 g/mol. The van der Waals surface area contributed by atoms with Gasteiger partial charge in [0, 0.05) is 20.1 Å². The molecule has 1 fully saturated rings. The van der Waals surface area contributed by atoms with Gasteiger partial charge in [-0.25, -0.2) is 0 Å². The lowest BCUT2D eigenvalue weighted by molar-refractivity contribution is -0.145. The molecule has 2 heterocycles. The molecule has 0 spiro atoms. The Kier molecular flexibility index (Phi) is 9.43. The van der Waals surface area contributed by atoms with Crippen LogP contribution in [0.15, 0.2) is 18.2 Å². The molecule has 1 aliphatic carbocycles. The molecule has 204 valence electrons. The van der Waals surface area contributed by atoms with Crippen molar-refractivity contribution < 1.29 is 24.2 Å². The number of likely N-dealkylation sites (N-methyl/N-ethyl adjacent to an activating group) is 1. The second-order valence-corrected chi connectivity index (χ2v) is 10.8. The van der Waals surface area contributed by atoms with E-state index in [0.29, 0.717) is 13.1 Å². The predicted octanol–water partition coefficient (Wildman–Crippen LogP) is 1.31. The lowest BCUT2D eigenvalue weighted by Crippen LogP contribution is -2.60. The Bertz CT molecular complexity index is 962. The molecule has 2 bridgehead atoms. The van der Waals surface area contributed by atoms with Crippen LogP contribution in [0.1, 0.15) is 63.0 Å². The monoisotopic (exact) mass is 514 g/mol. The first-order chi connectivity index (χ1) is 17.8. The molecule has 4 rings (SSSR count). The lowest BCUT2D eigenvalue weighted by atomic mass is 9.83. The van der Waals surface area contributed by atoms with Crippen LogP contribution in [0.4, 0.5) is 0 Å². The fraction of sp³-hybridized carbons (Fsp3) is 0.679. The largest absolute Gasteiger partial charge is 0.489 e. The number of amides is 3. The number of aliphatic hydroxyl groups is 1. The zero-order chi connectivity index (χ0) is 26.4. The van der Waals surface area contributed by atoms with E-state index >= 15 is 0 Å². The smallest absolute Gasteiger partial charge is 0.245 e. The summed E-state index contributed by atoms with van der Waals surface area (Å²) in [6.07, 6.45) is 7.35. The van der Waals surface area contributed by atoms with Crippen molar-refractivity contribution in [1.29, 1.82) is 0 Å². The third-order valence-electron chi connectivity index (χ3n) is 8.01. The second kappa shape index (κ2) is 12.7. The summed E-state index contributed by atoms with van der Waals surface area (Å²) in [7, 11) is 1.56. The summed E-state index contributed by atoms with van der Waals surface area (Å²) >= 11 is 0. The van der Waals surface area contributed by atoms with Crippen LogP contribution in [-0.4, -0.2) is 78.7 Å². The van der Waals surface area contributed by atoms with E-state index in [9.17, 15) is 19.5 Å². The number of rotatable bonds is 2. The number of benzene rings is 1. The standard InChI is InChI=1S/C28H42N4O5/c1-18(33)25-27(35)31-17-23(34)29-15-7-12-20-10-6-11-21-13-14-22(37-26(20)21)16-30-24(28(36)32(25)2)19-8-4-3-5-9-19/h6,10-11,18-19,22,24-25,30,33H,3-5,7-9,12-17H2,1-2H3,(H,29,34)(H,31,35). The SMILES string of the molecule is CC(O)C1C(=O)NCC(=O)NCCCc2cccc3c2OC(CC3)CNC(C2CCCCC2)C(=O)N1C. The van der Waals surface area contributed by atoms with Crippen LogP contribution >= 0.6 is 0 Å². The maximum Gasteiger partial charge on any atom is 0.245 e. The number of aliphatic hydroxyl groups excluding tert-OH is 1. The molecule has 1 saturated carbocycles. The van der Waals surface area contributed by atoms with Crippen LogP contribution < -0.4 is 20.7 Å². The van der Waals surface area contributed by atoms with Crippen molar-refractivity contribution in [2.24, 2.45) is 5.92 Å². The Morgan fingerprint density at radius 1 is 1.00 bits per heavy atom. The summed E-state index contributed by atoms with van der Waals surface area (Å²) in [4.78, 5) is 40.5. The molecular formula is C28H42N4O5. The molecule has 37 heavy (non-hydrogen) atoms. The Morgan fingerprint density at radius 3 is 2.46 bits per heavy atom. The molecule has 0 aromatic heterocycles. The maximum absolute atomic E-state index is 13.8. The van der Waals surface area contributed by atoms with E-state index in [4.69, 9.17) is 4.74 Å². The van der Waals surface area contributed by atoms with Crippen LogP contribution in [0.25, 0.3) is 0 Å². The van der Waals surface area contributed by atoms with Gasteiger partial charge in [-0.3, -0.25) is 14.4 Å². The van der Waals surface area contributed by atoms with Crippen LogP contribution in [-0.2, 0) is 27.2 Å². The fourth-order valence-corrected chi connectivity index (χ4v) is 5.97. The highest BCUT2D eigenvalue weighted by Gasteiger charge is 2.38. The van der Waals surface area contributed by atoms with E-state index < -0.39 is 24.1 Å². The van der Waals surface area contributed by atoms with Crippen LogP contribution in [0.3, 0.4) is 0 Å². The zero-order valence-corrected chi connectivity index (χ0v) is 22.1. The van der Waals surface area contributed by atoms with Crippen molar-refractivity contribution >= 4 is 17.7 Å². The topological polar surface area (TPSA) is 120 Å². The van der Waals surface area contributed by atoms with E-state index in [1.165, 1.54) is 23.8 Å². The number of carbonyl (C=O) groups is 3. The van der Waals surface area contributed by atoms with E-state index in [-0.39, 0.29) is 30.4 Å². The fourth-order valence-electron chi connectivity index (χ4n) is 5.97. The lowest BCUT2D eigenvalue weighted by Gasteiger charge is -2.37. The third kappa shape index (κ3) is 6.82. The van der Waals surface area contributed by atoms with Crippen LogP contribution in [0, 0.1) is 5.92 Å². The molecule has 3 aliphatic rings. The Hall–Kier alpha value is -2.65. The van der Waals surface area contributed by atoms with Crippen LogP contribution in [0.2, 0.25) is 0 Å². The second-order valence-electron chi connectivity index (χ2n) is 10.8. The summed E-state index contributed by atoms with van der Waals surface area (Å²) < 4.78 is 6.48. The third-order valence-corrected chi connectivity index (χ3v) is 8.01. The minimum atomic E-state index is -1.09. The molecular weight excluding hydrogens is 472 g/mol. The molecule has 9 nitrogen and oxygen atoms in total. The van der Waals surface area contributed by atoms with Gasteiger partial charge in [0.15, 0.2) is 0 Å². The molecule has 4 atom stereocenters. The van der Waals surface area contributed by atoms with Gasteiger partial charge >= 0.3 is 0 Å². The van der Waals surface area contributed by atoms with Gasteiger partial charge in [-0.15, -0.1) is 0 Å². The van der Waals surface area contributed by atoms with Gasteiger partial charge in [0.1, 0.15) is 17.9 Å². The number of carbonyl (C=O) groups excluding carboxylic acids is 3. The van der Waals surface area contributed by atoms with Crippen molar-refractivity contribution in [3.63, 3.8) is 0 Å². The van der Waals surface area contributed by atoms with Crippen molar-refractivity contribution in [3.8, 4) is 5.75 Å². The van der Waals surface area contributed by atoms with E-state index in [1.54, 1.807) is 7.05 Å². The Balaban J connectivity index is 1.60. The van der Waals surface area contributed by atoms with Crippen molar-refractivity contribution in [1.82, 2.24) is 20.9 Å². The molecule has 0 radical (unpaired) electrons. The summed E-state index contributed by atoms with van der Waals surface area (Å²) in [6.45, 7) is 2.30. The van der Waals surface area contributed by atoms with E-state index in [2.05, 4.69) is 34.1 Å². The van der Waals surface area contributed by atoms with Gasteiger partial charge in [-0.1, -0.05) is 37.5 Å². The predicted molar refractivity (Wildman–Crippen MR) is 140 cm³/mol. The number of nitrogens with zero attached hydrogens (tertiary/aromatic N) is 1. The summed E-state index contributed by atoms with van der Waals surface area (Å²) in [6, 6.07) is 4.68. The molecule has 2 aliphatic heterocycles. The summed E-state index contributed by atoms with van der Waals surface area (Å²) in [5.74, 6) is 0.0363. The number of aryl methyl sites for hydroxylation is 2. The average Bonchev–Trinajstić information content (AvgIpc) is 2.90. The minimum absolute atomic E-state index is 0.0627. The number of para-hydroxylation sites is 1. The van der Waals surface area contributed by atoms with Gasteiger partial charge in [-0.2, -0.15) is 0 Å². The van der Waals surface area contributed by atoms with Crippen LogP contribution in [0.5, 0.6) is 5.75 Å². The molecule has 1 aromatic rings. The van der Waals surface area contributed by atoms with E-state index in [0.717, 1.165) is 62.7 Å². The zero-order valence-electron chi connectivity index (χ0n) is 22.1. The number of nitrogens with one attached hydrogen (secondary N) is 3. The minimum Gasteiger partial charge on any atom is -0.489 e. The van der Waals surface area contributed by atoms with Crippen molar-refractivity contribution in [2.75, 3.05) is 26.7 Å². The quantitative estimate of drug-likeness (QED) is 0.472. The van der Waals surface area contributed by atoms with Gasteiger partial charge in [0.25, 0.3) is 0 Å². The first-order valence-corrected chi connectivity index (χ1v) is 13.8.